The van der Waals surface area contributed by atoms with Crippen LogP contribution in [0.4, 0.5) is 23.2 Å². The summed E-state index contributed by atoms with van der Waals surface area (Å²) in [6.07, 6.45) is 1.29. The maximum Gasteiger partial charge on any atom is 0.420 e. The molecule has 0 saturated heterocycles. The number of aromatic nitrogens is 1. The number of oxazole rings is 1. The molecule has 8 heteroatoms. The van der Waals surface area contributed by atoms with Gasteiger partial charge in [-0.2, -0.15) is 13.2 Å². The number of nitrogens with zero attached hydrogens (tertiary/aromatic N) is 2. The van der Waals surface area contributed by atoms with Crippen LogP contribution in [0.3, 0.4) is 0 Å². The molecule has 1 aromatic heterocycles. The van der Waals surface area contributed by atoms with Crippen molar-refractivity contribution in [3.8, 4) is 22.8 Å². The van der Waals surface area contributed by atoms with Crippen molar-refractivity contribution in [1.29, 1.82) is 0 Å². The van der Waals surface area contributed by atoms with Crippen molar-refractivity contribution in [3.05, 3.63) is 60.4 Å². The Morgan fingerprint density at radius 2 is 1.66 bits per heavy atom. The Hall–Kier alpha value is -3.03. The molecule has 0 atom stereocenters. The molecule has 0 saturated carbocycles. The van der Waals surface area contributed by atoms with E-state index < -0.39 is 17.6 Å². The number of unbranched alkanes of at least 4 members (excludes halogenated alkanes) is 2. The van der Waals surface area contributed by atoms with Crippen molar-refractivity contribution < 1.29 is 26.7 Å². The van der Waals surface area contributed by atoms with E-state index in [1.807, 2.05) is 18.7 Å². The number of benzene rings is 2. The minimum atomic E-state index is -4.68. The summed E-state index contributed by atoms with van der Waals surface area (Å²) in [7, 11) is 0. The fraction of sp³-hybridized carbons (Fsp3) is 0.375. The van der Waals surface area contributed by atoms with E-state index in [0.717, 1.165) is 43.9 Å². The van der Waals surface area contributed by atoms with E-state index in [-0.39, 0.29) is 22.8 Å². The van der Waals surface area contributed by atoms with Crippen molar-refractivity contribution in [1.82, 2.24) is 4.98 Å². The zero-order chi connectivity index (χ0) is 23.1. The summed E-state index contributed by atoms with van der Waals surface area (Å²) in [6.45, 7) is 5.21. The topological polar surface area (TPSA) is 38.5 Å². The fourth-order valence-corrected chi connectivity index (χ4v) is 3.34. The number of ether oxygens (including phenoxy) is 1. The highest BCUT2D eigenvalue weighted by atomic mass is 19.4. The summed E-state index contributed by atoms with van der Waals surface area (Å²) in [4.78, 5) is 5.75. The van der Waals surface area contributed by atoms with E-state index in [0.29, 0.717) is 18.8 Å². The van der Waals surface area contributed by atoms with Crippen molar-refractivity contribution in [3.63, 3.8) is 0 Å². The van der Waals surface area contributed by atoms with E-state index in [9.17, 15) is 17.6 Å². The standard InChI is InChI=1S/C24H26F4N2O2/c1-3-5-11-30(12-6-4-2)21-14-17(22-15-29-16-31-22)13-20(24(26,27)28)23(21)32-19-9-7-18(25)8-10-19/h7-10,13-16H,3-6,11-12H2,1-2H3. The van der Waals surface area contributed by atoms with Crippen molar-refractivity contribution in [2.24, 2.45) is 0 Å². The van der Waals surface area contributed by atoms with Gasteiger partial charge in [-0.1, -0.05) is 26.7 Å². The predicted molar refractivity (Wildman–Crippen MR) is 115 cm³/mol. The molecule has 3 rings (SSSR count). The van der Waals surface area contributed by atoms with Crippen LogP contribution < -0.4 is 9.64 Å². The Bertz CT molecular complexity index is 978. The van der Waals surface area contributed by atoms with Gasteiger partial charge in [0.15, 0.2) is 17.9 Å². The lowest BCUT2D eigenvalue weighted by molar-refractivity contribution is -0.138. The van der Waals surface area contributed by atoms with Gasteiger partial charge in [-0.05, 0) is 49.2 Å². The molecule has 32 heavy (non-hydrogen) atoms. The maximum absolute atomic E-state index is 14.2. The van der Waals surface area contributed by atoms with Crippen molar-refractivity contribution in [2.45, 2.75) is 45.7 Å². The maximum atomic E-state index is 14.2. The predicted octanol–water partition coefficient (Wildman–Crippen LogP) is 7.70. The number of halogens is 4. The van der Waals surface area contributed by atoms with Gasteiger partial charge in [-0.3, -0.25) is 0 Å². The second-order valence-electron chi connectivity index (χ2n) is 7.49. The summed E-state index contributed by atoms with van der Waals surface area (Å²) in [6, 6.07) is 7.56. The lowest BCUT2D eigenvalue weighted by Crippen LogP contribution is -2.27. The number of hydrogen-bond donors (Lipinski definition) is 0. The van der Waals surface area contributed by atoms with Gasteiger partial charge in [-0.15, -0.1) is 0 Å². The van der Waals surface area contributed by atoms with Crippen LogP contribution in [0.1, 0.15) is 45.1 Å². The molecule has 0 unspecified atom stereocenters. The Morgan fingerprint density at radius 1 is 1.00 bits per heavy atom. The molecule has 0 spiro atoms. The second kappa shape index (κ2) is 10.5. The van der Waals surface area contributed by atoms with Crippen molar-refractivity contribution in [2.75, 3.05) is 18.0 Å². The van der Waals surface area contributed by atoms with E-state index in [2.05, 4.69) is 4.98 Å². The van der Waals surface area contributed by atoms with Crippen LogP contribution in [0.25, 0.3) is 11.3 Å². The second-order valence-corrected chi connectivity index (χ2v) is 7.49. The van der Waals surface area contributed by atoms with Crippen LogP contribution in [0.2, 0.25) is 0 Å². The third kappa shape index (κ3) is 5.81. The molecular formula is C24H26F4N2O2. The average molecular weight is 450 g/mol. The number of alkyl halides is 3. The average Bonchev–Trinajstić information content (AvgIpc) is 3.30. The first-order valence-electron chi connectivity index (χ1n) is 10.7. The highest BCUT2D eigenvalue weighted by Gasteiger charge is 2.37. The van der Waals surface area contributed by atoms with Gasteiger partial charge in [0.1, 0.15) is 17.1 Å². The Morgan fingerprint density at radius 3 is 2.19 bits per heavy atom. The van der Waals surface area contributed by atoms with Crippen molar-refractivity contribution >= 4 is 5.69 Å². The monoisotopic (exact) mass is 450 g/mol. The highest BCUT2D eigenvalue weighted by Crippen LogP contribution is 2.46. The Kier molecular flexibility index (Phi) is 7.77. The molecule has 0 radical (unpaired) electrons. The molecule has 1 heterocycles. The Balaban J connectivity index is 2.20. The first kappa shape index (κ1) is 23.6. The smallest absolute Gasteiger partial charge is 0.420 e. The van der Waals surface area contributed by atoms with Crippen LogP contribution in [-0.2, 0) is 6.18 Å². The molecule has 0 aliphatic carbocycles. The normalized spacial score (nSPS) is 11.6. The zero-order valence-electron chi connectivity index (χ0n) is 18.1. The molecule has 0 amide bonds. The zero-order valence-corrected chi connectivity index (χ0v) is 18.1. The minimum Gasteiger partial charge on any atom is -0.455 e. The summed E-state index contributed by atoms with van der Waals surface area (Å²) in [5.74, 6) is -0.450. The van der Waals surface area contributed by atoms with Gasteiger partial charge < -0.3 is 14.1 Å². The van der Waals surface area contributed by atoms with Crippen LogP contribution in [0, 0.1) is 5.82 Å². The van der Waals surface area contributed by atoms with E-state index in [4.69, 9.17) is 9.15 Å². The van der Waals surface area contributed by atoms with Gasteiger partial charge in [0.2, 0.25) is 0 Å². The largest absolute Gasteiger partial charge is 0.455 e. The lowest BCUT2D eigenvalue weighted by Gasteiger charge is -2.29. The van der Waals surface area contributed by atoms with Crippen LogP contribution in [-0.4, -0.2) is 18.1 Å². The van der Waals surface area contributed by atoms with Gasteiger partial charge in [0, 0.05) is 18.7 Å². The number of anilines is 1. The van der Waals surface area contributed by atoms with Crippen LogP contribution in [0.5, 0.6) is 11.5 Å². The fourth-order valence-electron chi connectivity index (χ4n) is 3.34. The summed E-state index contributed by atoms with van der Waals surface area (Å²) in [5.41, 5.74) is -0.351. The molecule has 0 aliphatic rings. The molecule has 2 aromatic carbocycles. The van der Waals surface area contributed by atoms with Gasteiger partial charge >= 0.3 is 6.18 Å². The number of rotatable bonds is 10. The van der Waals surface area contributed by atoms with Gasteiger partial charge in [0.05, 0.1) is 11.9 Å². The third-order valence-corrected chi connectivity index (χ3v) is 5.03. The van der Waals surface area contributed by atoms with E-state index in [1.165, 1.54) is 24.7 Å². The quantitative estimate of drug-likeness (QED) is 0.297. The molecule has 4 nitrogen and oxygen atoms in total. The van der Waals surface area contributed by atoms with Crippen LogP contribution >= 0.6 is 0 Å². The summed E-state index contributed by atoms with van der Waals surface area (Å²) >= 11 is 0. The lowest BCUT2D eigenvalue weighted by atomic mass is 10.0. The molecular weight excluding hydrogens is 424 g/mol. The summed E-state index contributed by atoms with van der Waals surface area (Å²) in [5, 5.41) is 0. The molecule has 0 fully saturated rings. The first-order chi connectivity index (χ1) is 15.3. The summed E-state index contributed by atoms with van der Waals surface area (Å²) < 4.78 is 66.9. The van der Waals surface area contributed by atoms with E-state index >= 15 is 0 Å². The highest BCUT2D eigenvalue weighted by molar-refractivity contribution is 5.73. The van der Waals surface area contributed by atoms with Gasteiger partial charge in [0.25, 0.3) is 0 Å². The Labute approximate surface area is 184 Å². The molecule has 3 aromatic rings. The van der Waals surface area contributed by atoms with E-state index in [1.54, 1.807) is 6.07 Å². The minimum absolute atomic E-state index is 0.122. The van der Waals surface area contributed by atoms with Crippen LogP contribution in [0.15, 0.2) is 53.4 Å². The van der Waals surface area contributed by atoms with Gasteiger partial charge in [-0.25, -0.2) is 9.37 Å². The SMILES string of the molecule is CCCCN(CCCC)c1cc(-c2cnco2)cc(C(F)(F)F)c1Oc1ccc(F)cc1. The molecule has 0 N–H and O–H groups in total. The molecule has 0 aliphatic heterocycles. The third-order valence-electron chi connectivity index (χ3n) is 5.03. The molecule has 172 valence electrons. The molecule has 0 bridgehead atoms. The number of hydrogen-bond acceptors (Lipinski definition) is 4. The first-order valence-corrected chi connectivity index (χ1v) is 10.7.